The molecule has 152 valence electrons. The van der Waals surface area contributed by atoms with Crippen LogP contribution in [0.1, 0.15) is 35.7 Å². The van der Waals surface area contributed by atoms with E-state index in [2.05, 4.69) is 34.6 Å². The molecule has 0 spiro atoms. The second-order valence-corrected chi connectivity index (χ2v) is 7.80. The van der Waals surface area contributed by atoms with Crippen molar-refractivity contribution in [2.45, 2.75) is 26.2 Å². The lowest BCUT2D eigenvalue weighted by Crippen LogP contribution is -2.12. The third kappa shape index (κ3) is 4.32. The Labute approximate surface area is 184 Å². The molecule has 1 aromatic heterocycles. The van der Waals surface area contributed by atoms with E-state index in [1.54, 1.807) is 35.1 Å². The second-order valence-electron chi connectivity index (χ2n) is 7.02. The average Bonchev–Trinajstić information content (AvgIpc) is 3.18. The molecule has 1 heterocycles. The highest BCUT2D eigenvalue weighted by Gasteiger charge is 2.14. The minimum atomic E-state index is -0.336. The van der Waals surface area contributed by atoms with E-state index in [-0.39, 0.29) is 10.9 Å². The molecule has 0 fully saturated rings. The molecule has 3 aromatic carbocycles. The number of hydrogen-bond donors (Lipinski definition) is 1. The molecule has 0 aliphatic rings. The molecule has 0 unspecified atom stereocenters. The van der Waals surface area contributed by atoms with Crippen LogP contribution in [0.2, 0.25) is 10.0 Å². The number of carbonyl (C=O) groups excluding carboxylic acids is 1. The van der Waals surface area contributed by atoms with Crippen LogP contribution in [-0.4, -0.2) is 20.9 Å². The van der Waals surface area contributed by atoms with Crippen LogP contribution in [0, 0.1) is 0 Å². The van der Waals surface area contributed by atoms with Gasteiger partial charge < -0.3 is 5.32 Å². The van der Waals surface area contributed by atoms with Crippen LogP contribution in [0.15, 0.2) is 60.7 Å². The minimum Gasteiger partial charge on any atom is -0.322 e. The predicted octanol–water partition coefficient (Wildman–Crippen LogP) is 6.32. The van der Waals surface area contributed by atoms with Crippen LogP contribution in [0.3, 0.4) is 0 Å². The molecular formula is C23H20Cl2N4O. The van der Waals surface area contributed by atoms with Gasteiger partial charge in [0.15, 0.2) is 0 Å². The average molecular weight is 439 g/mol. The summed E-state index contributed by atoms with van der Waals surface area (Å²) in [7, 11) is 0. The zero-order valence-electron chi connectivity index (χ0n) is 16.4. The molecule has 7 heteroatoms. The van der Waals surface area contributed by atoms with Crippen LogP contribution >= 0.6 is 23.2 Å². The molecule has 0 radical (unpaired) electrons. The van der Waals surface area contributed by atoms with Crippen LogP contribution in [0.25, 0.3) is 16.7 Å². The van der Waals surface area contributed by atoms with Crippen LogP contribution < -0.4 is 5.32 Å². The van der Waals surface area contributed by atoms with Crippen molar-refractivity contribution in [3.05, 3.63) is 81.8 Å². The van der Waals surface area contributed by atoms with Crippen molar-refractivity contribution in [2.75, 3.05) is 5.32 Å². The molecule has 0 aliphatic carbocycles. The first-order valence-electron chi connectivity index (χ1n) is 9.77. The molecule has 4 aromatic rings. The van der Waals surface area contributed by atoms with Gasteiger partial charge in [-0.25, -0.2) is 0 Å². The number of halogens is 2. The van der Waals surface area contributed by atoms with Crippen molar-refractivity contribution in [1.82, 2.24) is 15.0 Å². The smallest absolute Gasteiger partial charge is 0.257 e. The Balaban J connectivity index is 1.55. The monoisotopic (exact) mass is 438 g/mol. The standard InChI is InChI=1S/C23H20Cl2N4O/c1-2-3-5-15-8-11-17(12-9-15)29-27-20-13-10-16(14-21(20)28-29)26-23(30)18-6-4-7-19(24)22(18)25/h4,6-14H,2-3,5H2,1H3,(H,26,30). The van der Waals surface area contributed by atoms with E-state index < -0.39 is 0 Å². The van der Waals surface area contributed by atoms with Gasteiger partial charge in [-0.3, -0.25) is 4.79 Å². The lowest BCUT2D eigenvalue weighted by atomic mass is 10.1. The lowest BCUT2D eigenvalue weighted by molar-refractivity contribution is 0.102. The van der Waals surface area contributed by atoms with Crippen molar-refractivity contribution in [3.63, 3.8) is 0 Å². The number of nitrogens with zero attached hydrogens (tertiary/aromatic N) is 3. The van der Waals surface area contributed by atoms with Crippen LogP contribution in [0.4, 0.5) is 5.69 Å². The second kappa shape index (κ2) is 8.86. The van der Waals surface area contributed by atoms with Crippen molar-refractivity contribution < 1.29 is 4.79 Å². The maximum atomic E-state index is 12.6. The summed E-state index contributed by atoms with van der Waals surface area (Å²) >= 11 is 12.1. The molecule has 1 N–H and O–H groups in total. The Kier molecular flexibility index (Phi) is 6.02. The molecule has 4 rings (SSSR count). The van der Waals surface area contributed by atoms with E-state index in [0.29, 0.717) is 21.8 Å². The van der Waals surface area contributed by atoms with Gasteiger partial charge in [-0.1, -0.05) is 54.7 Å². The van der Waals surface area contributed by atoms with Gasteiger partial charge >= 0.3 is 0 Å². The van der Waals surface area contributed by atoms with E-state index in [9.17, 15) is 4.79 Å². The van der Waals surface area contributed by atoms with Crippen molar-refractivity contribution in [2.24, 2.45) is 0 Å². The van der Waals surface area contributed by atoms with E-state index in [0.717, 1.165) is 17.6 Å². The Morgan fingerprint density at radius 3 is 2.53 bits per heavy atom. The quantitative estimate of drug-likeness (QED) is 0.382. The Bertz CT molecular complexity index is 1200. The van der Waals surface area contributed by atoms with E-state index >= 15 is 0 Å². The lowest BCUT2D eigenvalue weighted by Gasteiger charge is -2.07. The number of anilines is 1. The summed E-state index contributed by atoms with van der Waals surface area (Å²) in [6.07, 6.45) is 3.43. The largest absolute Gasteiger partial charge is 0.322 e. The highest BCUT2D eigenvalue weighted by molar-refractivity contribution is 6.44. The Hall–Kier alpha value is -2.89. The number of amides is 1. The van der Waals surface area contributed by atoms with E-state index in [4.69, 9.17) is 23.2 Å². The maximum Gasteiger partial charge on any atom is 0.257 e. The molecule has 1 amide bonds. The first kappa shape index (κ1) is 20.4. The van der Waals surface area contributed by atoms with Crippen molar-refractivity contribution in [3.8, 4) is 5.69 Å². The molecule has 0 bridgehead atoms. The third-order valence-corrected chi connectivity index (χ3v) is 5.64. The van der Waals surface area contributed by atoms with Gasteiger partial charge in [-0.05, 0) is 60.9 Å². The Morgan fingerprint density at radius 1 is 1.00 bits per heavy atom. The number of unbranched alkanes of at least 4 members (excludes halogenated alkanes) is 1. The van der Waals surface area contributed by atoms with E-state index in [1.165, 1.54) is 18.4 Å². The van der Waals surface area contributed by atoms with Crippen molar-refractivity contribution >= 4 is 45.8 Å². The maximum absolute atomic E-state index is 12.6. The number of aryl methyl sites for hydroxylation is 1. The zero-order valence-corrected chi connectivity index (χ0v) is 17.9. The number of fused-ring (bicyclic) bond motifs is 1. The normalized spacial score (nSPS) is 11.0. The number of benzene rings is 3. The zero-order chi connectivity index (χ0) is 21.1. The minimum absolute atomic E-state index is 0.228. The summed E-state index contributed by atoms with van der Waals surface area (Å²) in [4.78, 5) is 14.2. The van der Waals surface area contributed by atoms with Crippen molar-refractivity contribution in [1.29, 1.82) is 0 Å². The fourth-order valence-electron chi connectivity index (χ4n) is 3.16. The number of carbonyl (C=O) groups is 1. The van der Waals surface area contributed by atoms with Crippen LogP contribution in [-0.2, 0) is 6.42 Å². The first-order chi connectivity index (χ1) is 14.5. The summed E-state index contributed by atoms with van der Waals surface area (Å²) in [5, 5.41) is 12.5. The summed E-state index contributed by atoms with van der Waals surface area (Å²) in [6.45, 7) is 2.19. The van der Waals surface area contributed by atoms with Gasteiger partial charge in [-0.2, -0.15) is 4.80 Å². The van der Waals surface area contributed by atoms with Gasteiger partial charge in [0.25, 0.3) is 5.91 Å². The van der Waals surface area contributed by atoms with Gasteiger partial charge in [0.2, 0.25) is 0 Å². The van der Waals surface area contributed by atoms with Gasteiger partial charge in [0.05, 0.1) is 21.3 Å². The summed E-state index contributed by atoms with van der Waals surface area (Å²) < 4.78 is 0. The topological polar surface area (TPSA) is 59.8 Å². The highest BCUT2D eigenvalue weighted by Crippen LogP contribution is 2.26. The Morgan fingerprint density at radius 2 is 1.77 bits per heavy atom. The summed E-state index contributed by atoms with van der Waals surface area (Å²) in [5.74, 6) is -0.336. The number of nitrogens with one attached hydrogen (secondary N) is 1. The summed E-state index contributed by atoms with van der Waals surface area (Å²) in [6, 6.07) is 18.6. The predicted molar refractivity (Wildman–Crippen MR) is 122 cm³/mol. The fraction of sp³-hybridized carbons (Fsp3) is 0.174. The SMILES string of the molecule is CCCCc1ccc(-n2nc3ccc(NC(=O)c4cccc(Cl)c4Cl)cc3n2)cc1. The molecule has 30 heavy (non-hydrogen) atoms. The first-order valence-corrected chi connectivity index (χ1v) is 10.5. The third-order valence-electron chi connectivity index (χ3n) is 4.82. The molecular weight excluding hydrogens is 419 g/mol. The highest BCUT2D eigenvalue weighted by atomic mass is 35.5. The molecule has 0 saturated carbocycles. The van der Waals surface area contributed by atoms with Gasteiger partial charge in [0, 0.05) is 5.69 Å². The molecule has 0 atom stereocenters. The fourth-order valence-corrected chi connectivity index (χ4v) is 3.55. The van der Waals surface area contributed by atoms with Crippen LogP contribution in [0.5, 0.6) is 0 Å². The van der Waals surface area contributed by atoms with Gasteiger partial charge in [0.1, 0.15) is 11.0 Å². The summed E-state index contributed by atoms with van der Waals surface area (Å²) in [5.41, 5.74) is 4.54. The molecule has 5 nitrogen and oxygen atoms in total. The molecule has 0 saturated heterocycles. The number of hydrogen-bond acceptors (Lipinski definition) is 3. The van der Waals surface area contributed by atoms with Gasteiger partial charge in [-0.15, -0.1) is 10.2 Å². The number of rotatable bonds is 6. The number of aromatic nitrogens is 3. The molecule has 0 aliphatic heterocycles. The van der Waals surface area contributed by atoms with E-state index in [1.807, 2.05) is 18.2 Å².